The molecule has 6 nitrogen and oxygen atoms in total. The second-order valence-corrected chi connectivity index (χ2v) is 13.6. The topological polar surface area (TPSA) is 59.1 Å². The number of hydrogen-bond acceptors (Lipinski definition) is 4. The molecule has 2 amide bonds. The molecular weight excluding hydrogens is 671 g/mol. The molecule has 2 aromatic rings. The second-order valence-electron chi connectivity index (χ2n) is 13.6. The highest BCUT2D eigenvalue weighted by atomic mass is 19.4. The molecule has 2 aromatic carbocycles. The van der Waals surface area contributed by atoms with Crippen LogP contribution in [0.1, 0.15) is 87.8 Å². The minimum atomic E-state index is -5.11. The van der Waals surface area contributed by atoms with Crippen LogP contribution < -0.4 is 9.64 Å². The van der Waals surface area contributed by atoms with Gasteiger partial charge in [0, 0.05) is 25.1 Å². The number of ether oxygens (including phenoxy) is 2. The van der Waals surface area contributed by atoms with Gasteiger partial charge in [0.1, 0.15) is 11.9 Å². The number of carbonyl (C=O) groups is 2. The summed E-state index contributed by atoms with van der Waals surface area (Å²) >= 11 is 0. The Morgan fingerprint density at radius 2 is 1.55 bits per heavy atom. The predicted octanol–water partition coefficient (Wildman–Crippen LogP) is 9.92. The fraction of sp³-hybridized carbons (Fsp3) is 0.529. The zero-order chi connectivity index (χ0) is 37.0. The lowest BCUT2D eigenvalue weighted by Crippen LogP contribution is -2.36. The summed E-state index contributed by atoms with van der Waals surface area (Å²) in [7, 11) is 2.44. The average molecular weight is 709 g/mol. The number of alkyl halides is 9. The summed E-state index contributed by atoms with van der Waals surface area (Å²) in [5.41, 5.74) is -4.06. The zero-order valence-electron chi connectivity index (χ0n) is 27.9. The highest BCUT2D eigenvalue weighted by Crippen LogP contribution is 2.49. The number of carbonyl (C=O) groups excluding carboxylic acids is 2. The summed E-state index contributed by atoms with van der Waals surface area (Å²) in [5, 5.41) is 0. The van der Waals surface area contributed by atoms with Gasteiger partial charge < -0.3 is 14.4 Å². The van der Waals surface area contributed by atoms with E-state index in [1.165, 1.54) is 32.0 Å². The molecule has 1 saturated heterocycles. The van der Waals surface area contributed by atoms with Crippen LogP contribution in [-0.2, 0) is 28.1 Å². The molecule has 0 bridgehead atoms. The summed E-state index contributed by atoms with van der Waals surface area (Å²) in [6.45, 7) is 8.25. The summed E-state index contributed by atoms with van der Waals surface area (Å²) in [6, 6.07) is 2.04. The summed E-state index contributed by atoms with van der Waals surface area (Å²) in [5.74, 6) is -1.32. The molecule has 1 aliphatic carbocycles. The quantitative estimate of drug-likeness (QED) is 0.269. The first-order valence-corrected chi connectivity index (χ1v) is 15.4. The monoisotopic (exact) mass is 708 g/mol. The van der Waals surface area contributed by atoms with Crippen LogP contribution in [0.15, 0.2) is 35.9 Å². The standard InChI is InChI=1S/C34H37F9N2O4/c1-17(2)29(46)44(6)26-13-24(27(48-7)14-25(26)34(41,42)43)23-8-9-31(4,5)15-20(23)16-45-18(3)28(49-30(45)47)19-10-21(32(35,36)37)12-22(11-19)33(38,39)40/h10-14,17-18,28H,8-9,15-16H2,1-7H3/t18-,28-/m0/s1. The maximum absolute atomic E-state index is 14.3. The number of methoxy groups -OCH3 is 1. The molecule has 0 unspecified atom stereocenters. The van der Waals surface area contributed by atoms with Gasteiger partial charge >= 0.3 is 24.6 Å². The lowest BCUT2D eigenvalue weighted by Gasteiger charge is -2.36. The molecule has 4 rings (SSSR count). The van der Waals surface area contributed by atoms with Gasteiger partial charge in [-0.1, -0.05) is 27.7 Å². The molecule has 0 N–H and O–H groups in total. The molecule has 15 heteroatoms. The molecule has 270 valence electrons. The van der Waals surface area contributed by atoms with Crippen molar-refractivity contribution in [1.82, 2.24) is 4.90 Å². The van der Waals surface area contributed by atoms with Crippen LogP contribution in [0, 0.1) is 11.3 Å². The van der Waals surface area contributed by atoms with Crippen molar-refractivity contribution in [1.29, 1.82) is 0 Å². The largest absolute Gasteiger partial charge is 0.496 e. The summed E-state index contributed by atoms with van der Waals surface area (Å²) in [4.78, 5) is 28.2. The molecule has 0 saturated carbocycles. The fourth-order valence-corrected chi connectivity index (χ4v) is 6.38. The summed E-state index contributed by atoms with van der Waals surface area (Å²) < 4.78 is 135. The van der Waals surface area contributed by atoms with E-state index in [0.29, 0.717) is 42.5 Å². The van der Waals surface area contributed by atoms with Crippen molar-refractivity contribution in [3.63, 3.8) is 0 Å². The van der Waals surface area contributed by atoms with E-state index >= 15 is 0 Å². The zero-order valence-corrected chi connectivity index (χ0v) is 27.9. The van der Waals surface area contributed by atoms with Crippen molar-refractivity contribution in [3.05, 3.63) is 63.7 Å². The van der Waals surface area contributed by atoms with Gasteiger partial charge in [0.15, 0.2) is 0 Å². The van der Waals surface area contributed by atoms with E-state index < -0.39 is 76.5 Å². The van der Waals surface area contributed by atoms with Crippen molar-refractivity contribution in [2.24, 2.45) is 11.3 Å². The van der Waals surface area contributed by atoms with E-state index in [9.17, 15) is 49.1 Å². The molecule has 1 aliphatic heterocycles. The highest BCUT2D eigenvalue weighted by molar-refractivity contribution is 5.96. The molecule has 1 heterocycles. The first kappa shape index (κ1) is 37.9. The lowest BCUT2D eigenvalue weighted by atomic mass is 9.72. The van der Waals surface area contributed by atoms with Crippen molar-refractivity contribution in [2.45, 2.75) is 84.6 Å². The molecule has 0 radical (unpaired) electrons. The van der Waals surface area contributed by atoms with Gasteiger partial charge in [-0.05, 0) is 78.6 Å². The Kier molecular flexibility index (Phi) is 10.1. The van der Waals surface area contributed by atoms with Crippen molar-refractivity contribution < 1.29 is 58.6 Å². The van der Waals surface area contributed by atoms with Crippen LogP contribution >= 0.6 is 0 Å². The Balaban J connectivity index is 1.84. The van der Waals surface area contributed by atoms with Crippen molar-refractivity contribution in [3.8, 4) is 5.75 Å². The van der Waals surface area contributed by atoms with E-state index in [1.807, 2.05) is 13.8 Å². The van der Waals surface area contributed by atoms with E-state index in [1.54, 1.807) is 13.8 Å². The number of nitrogens with zero attached hydrogens (tertiary/aromatic N) is 2. The van der Waals surface area contributed by atoms with Gasteiger partial charge in [0.05, 0.1) is 35.5 Å². The molecule has 1 fully saturated rings. The van der Waals surface area contributed by atoms with Crippen LogP contribution in [0.4, 0.5) is 50.0 Å². The third-order valence-corrected chi connectivity index (χ3v) is 9.00. The van der Waals surface area contributed by atoms with Crippen molar-refractivity contribution >= 4 is 23.3 Å². The van der Waals surface area contributed by atoms with Gasteiger partial charge in [-0.15, -0.1) is 0 Å². The van der Waals surface area contributed by atoms with Gasteiger partial charge in [0.25, 0.3) is 0 Å². The Hall–Kier alpha value is -3.91. The van der Waals surface area contributed by atoms with Crippen LogP contribution in [0.3, 0.4) is 0 Å². The maximum atomic E-state index is 14.3. The Bertz CT molecular complexity index is 1610. The smallest absolute Gasteiger partial charge is 0.418 e. The Morgan fingerprint density at radius 1 is 0.980 bits per heavy atom. The van der Waals surface area contributed by atoms with Gasteiger partial charge in [-0.2, -0.15) is 39.5 Å². The van der Waals surface area contributed by atoms with Gasteiger partial charge in [0.2, 0.25) is 5.91 Å². The third-order valence-electron chi connectivity index (χ3n) is 9.00. The number of halogens is 9. The van der Waals surface area contributed by atoms with E-state index in [0.717, 1.165) is 11.0 Å². The number of hydrogen-bond donors (Lipinski definition) is 0. The van der Waals surface area contributed by atoms with E-state index in [-0.39, 0.29) is 29.3 Å². The number of amides is 2. The normalized spacial score (nSPS) is 20.2. The first-order valence-electron chi connectivity index (χ1n) is 15.4. The first-order chi connectivity index (χ1) is 22.4. The minimum Gasteiger partial charge on any atom is -0.496 e. The Labute approximate surface area is 277 Å². The minimum absolute atomic E-state index is 0.0121. The Morgan fingerprint density at radius 3 is 2.04 bits per heavy atom. The number of benzene rings is 2. The molecule has 2 aliphatic rings. The second kappa shape index (κ2) is 13.1. The molecule has 2 atom stereocenters. The van der Waals surface area contributed by atoms with Crippen molar-refractivity contribution in [2.75, 3.05) is 25.6 Å². The fourth-order valence-electron chi connectivity index (χ4n) is 6.38. The SMILES string of the molecule is COc1cc(C(F)(F)F)c(N(C)C(=O)C(C)C)cc1C1=C(CN2C(=O)O[C@H](c3cc(C(F)(F)F)cc(C(F)(F)F)c3)[C@@H]2C)CC(C)(C)CC1. The van der Waals surface area contributed by atoms with Gasteiger partial charge in [-0.3, -0.25) is 9.69 Å². The van der Waals surface area contributed by atoms with Gasteiger partial charge in [-0.25, -0.2) is 4.79 Å². The molecule has 49 heavy (non-hydrogen) atoms. The van der Waals surface area contributed by atoms with E-state index in [2.05, 4.69) is 0 Å². The van der Waals surface area contributed by atoms with E-state index in [4.69, 9.17) is 9.47 Å². The lowest BCUT2D eigenvalue weighted by molar-refractivity contribution is -0.143. The molecular formula is C34H37F9N2O4. The summed E-state index contributed by atoms with van der Waals surface area (Å²) in [6.07, 6.45) is -16.3. The molecule has 0 aromatic heterocycles. The average Bonchev–Trinajstić information content (AvgIpc) is 3.26. The maximum Gasteiger partial charge on any atom is 0.418 e. The number of rotatable bonds is 7. The third kappa shape index (κ3) is 7.95. The predicted molar refractivity (Wildman–Crippen MR) is 163 cm³/mol. The van der Waals surface area contributed by atoms with Crippen LogP contribution in [0.25, 0.3) is 5.57 Å². The number of anilines is 1. The van der Waals surface area contributed by atoms with Crippen LogP contribution in [0.2, 0.25) is 0 Å². The van der Waals surface area contributed by atoms with Crippen LogP contribution in [-0.4, -0.2) is 43.6 Å². The number of cyclic esters (lactones) is 1. The number of allylic oxidation sites excluding steroid dienone is 1. The highest BCUT2D eigenvalue weighted by Gasteiger charge is 2.45. The van der Waals surface area contributed by atoms with Crippen LogP contribution in [0.5, 0.6) is 5.75 Å². The molecule has 0 spiro atoms.